The molecule has 0 unspecified atom stereocenters. The Kier molecular flexibility index (Phi) is 8.70. The number of ether oxygens (including phenoxy) is 1. The molecule has 0 radical (unpaired) electrons. The highest BCUT2D eigenvalue weighted by molar-refractivity contribution is 7.80. The number of hydrogen-bond donors (Lipinski definition) is 2. The van der Waals surface area contributed by atoms with Gasteiger partial charge in [-0.3, -0.25) is 0 Å². The maximum absolute atomic E-state index is 12.1. The zero-order valence-electron chi connectivity index (χ0n) is 16.4. The Morgan fingerprint density at radius 2 is 1.79 bits per heavy atom. The normalized spacial score (nSPS) is 10.6. The van der Waals surface area contributed by atoms with Crippen molar-refractivity contribution < 1.29 is 9.53 Å². The molecule has 0 aliphatic rings. The van der Waals surface area contributed by atoms with Crippen LogP contribution in [0.15, 0.2) is 42.5 Å². The third kappa shape index (κ3) is 6.78. The van der Waals surface area contributed by atoms with Crippen LogP contribution in [0.3, 0.4) is 0 Å². The smallest absolute Gasteiger partial charge is 0.338 e. The Bertz CT molecular complexity index is 808. The lowest BCUT2D eigenvalue weighted by atomic mass is 10.2. The van der Waals surface area contributed by atoms with Crippen LogP contribution in [-0.2, 0) is 4.74 Å². The minimum Gasteiger partial charge on any atom is -0.461 e. The van der Waals surface area contributed by atoms with Crippen molar-refractivity contribution in [1.82, 2.24) is 4.90 Å². The number of hydrogen-bond acceptors (Lipinski definition) is 4. The quantitative estimate of drug-likeness (QED) is 0.466. The molecule has 150 valence electrons. The van der Waals surface area contributed by atoms with Crippen LogP contribution in [0.4, 0.5) is 11.4 Å². The Morgan fingerprint density at radius 1 is 1.11 bits per heavy atom. The molecule has 0 saturated heterocycles. The van der Waals surface area contributed by atoms with Crippen molar-refractivity contribution in [2.24, 2.45) is 0 Å². The van der Waals surface area contributed by atoms with Crippen molar-refractivity contribution in [2.45, 2.75) is 20.8 Å². The number of halogens is 1. The molecule has 0 saturated carbocycles. The first kappa shape index (κ1) is 22.1. The van der Waals surface area contributed by atoms with Gasteiger partial charge in [0.25, 0.3) is 0 Å². The molecule has 0 aromatic heterocycles. The average molecular weight is 420 g/mol. The third-order valence-corrected chi connectivity index (χ3v) is 4.80. The van der Waals surface area contributed by atoms with E-state index in [9.17, 15) is 4.79 Å². The van der Waals surface area contributed by atoms with Crippen molar-refractivity contribution in [3.05, 3.63) is 58.6 Å². The number of anilines is 2. The standard InChI is InChI=1S/C21H26ClN3O2S/c1-4-25(5-2)12-13-27-20(26)16-7-10-18(11-8-16)23-21(28)24-19-14-17(22)9-6-15(19)3/h6-11,14H,4-5,12-13H2,1-3H3,(H2,23,24,28). The Hall–Kier alpha value is -2.15. The summed E-state index contributed by atoms with van der Waals surface area (Å²) in [7, 11) is 0. The van der Waals surface area contributed by atoms with Gasteiger partial charge in [0.2, 0.25) is 0 Å². The largest absolute Gasteiger partial charge is 0.461 e. The maximum atomic E-state index is 12.1. The third-order valence-electron chi connectivity index (χ3n) is 4.36. The first-order valence-corrected chi connectivity index (χ1v) is 10.0. The fraction of sp³-hybridized carbons (Fsp3) is 0.333. The number of benzene rings is 2. The minimum absolute atomic E-state index is 0.325. The van der Waals surface area contributed by atoms with Crippen LogP contribution in [0.1, 0.15) is 29.8 Å². The molecule has 28 heavy (non-hydrogen) atoms. The lowest BCUT2D eigenvalue weighted by Crippen LogP contribution is -2.27. The van der Waals surface area contributed by atoms with E-state index in [0.29, 0.717) is 22.3 Å². The molecule has 0 aliphatic carbocycles. The summed E-state index contributed by atoms with van der Waals surface area (Å²) in [5, 5.41) is 7.30. The summed E-state index contributed by atoms with van der Waals surface area (Å²) in [6.45, 7) is 9.15. The summed E-state index contributed by atoms with van der Waals surface area (Å²) in [5.41, 5.74) is 3.17. The zero-order valence-corrected chi connectivity index (χ0v) is 18.0. The monoisotopic (exact) mass is 419 g/mol. The first-order chi connectivity index (χ1) is 13.4. The van der Waals surface area contributed by atoms with E-state index in [-0.39, 0.29) is 5.97 Å². The summed E-state index contributed by atoms with van der Waals surface area (Å²) in [6.07, 6.45) is 0. The average Bonchev–Trinajstić information content (AvgIpc) is 2.68. The Balaban J connectivity index is 1.87. The van der Waals surface area contributed by atoms with Crippen LogP contribution in [-0.4, -0.2) is 42.2 Å². The highest BCUT2D eigenvalue weighted by Crippen LogP contribution is 2.20. The number of likely N-dealkylation sites (N-methyl/N-ethyl adjacent to an activating group) is 1. The SMILES string of the molecule is CCN(CC)CCOC(=O)c1ccc(NC(=S)Nc2cc(Cl)ccc2C)cc1. The van der Waals surface area contributed by atoms with Crippen LogP contribution in [0.2, 0.25) is 5.02 Å². The molecule has 2 aromatic carbocycles. The van der Waals surface area contributed by atoms with Gasteiger partial charge in [-0.05, 0) is 74.2 Å². The van der Waals surface area contributed by atoms with E-state index in [0.717, 1.165) is 36.6 Å². The van der Waals surface area contributed by atoms with Crippen LogP contribution in [0.25, 0.3) is 0 Å². The maximum Gasteiger partial charge on any atom is 0.338 e. The van der Waals surface area contributed by atoms with E-state index < -0.39 is 0 Å². The summed E-state index contributed by atoms with van der Waals surface area (Å²) in [6, 6.07) is 12.6. The van der Waals surface area contributed by atoms with Crippen LogP contribution < -0.4 is 10.6 Å². The summed E-state index contributed by atoms with van der Waals surface area (Å²) < 4.78 is 5.33. The van der Waals surface area contributed by atoms with Gasteiger partial charge in [-0.1, -0.05) is 31.5 Å². The molecule has 5 nitrogen and oxygen atoms in total. The predicted molar refractivity (Wildman–Crippen MR) is 121 cm³/mol. The number of aryl methyl sites for hydroxylation is 1. The number of nitrogens with zero attached hydrogens (tertiary/aromatic N) is 1. The predicted octanol–water partition coefficient (Wildman–Crippen LogP) is 4.96. The lowest BCUT2D eigenvalue weighted by molar-refractivity contribution is 0.0466. The molecular formula is C21H26ClN3O2S. The molecule has 0 aliphatic heterocycles. The van der Waals surface area contributed by atoms with Gasteiger partial charge in [0.05, 0.1) is 5.56 Å². The number of rotatable bonds is 8. The second-order valence-corrected chi connectivity index (χ2v) is 7.12. The van der Waals surface area contributed by atoms with Crippen molar-refractivity contribution in [2.75, 3.05) is 36.9 Å². The number of esters is 1. The Morgan fingerprint density at radius 3 is 2.43 bits per heavy atom. The molecule has 0 bridgehead atoms. The summed E-state index contributed by atoms with van der Waals surface area (Å²) in [4.78, 5) is 14.3. The first-order valence-electron chi connectivity index (χ1n) is 9.26. The van der Waals surface area contributed by atoms with Gasteiger partial charge in [0.15, 0.2) is 5.11 Å². The van der Waals surface area contributed by atoms with Gasteiger partial charge >= 0.3 is 5.97 Å². The molecule has 0 heterocycles. The fourth-order valence-electron chi connectivity index (χ4n) is 2.59. The topological polar surface area (TPSA) is 53.6 Å². The molecule has 0 atom stereocenters. The van der Waals surface area contributed by atoms with E-state index in [4.69, 9.17) is 28.6 Å². The number of thiocarbonyl (C=S) groups is 1. The molecule has 0 spiro atoms. The second-order valence-electron chi connectivity index (χ2n) is 6.28. The molecule has 0 amide bonds. The molecular weight excluding hydrogens is 394 g/mol. The van der Waals surface area contributed by atoms with Crippen LogP contribution >= 0.6 is 23.8 Å². The lowest BCUT2D eigenvalue weighted by Gasteiger charge is -2.17. The fourth-order valence-corrected chi connectivity index (χ4v) is 2.99. The van der Waals surface area contributed by atoms with E-state index in [1.807, 2.05) is 25.1 Å². The van der Waals surface area contributed by atoms with E-state index in [2.05, 4.69) is 29.4 Å². The minimum atomic E-state index is -0.325. The number of carbonyl (C=O) groups is 1. The molecule has 2 aromatic rings. The van der Waals surface area contributed by atoms with Gasteiger partial charge in [0.1, 0.15) is 6.61 Å². The molecule has 2 N–H and O–H groups in total. The molecule has 7 heteroatoms. The zero-order chi connectivity index (χ0) is 20.5. The van der Waals surface area contributed by atoms with Gasteiger partial charge in [-0.25, -0.2) is 4.79 Å². The van der Waals surface area contributed by atoms with Crippen molar-refractivity contribution in [3.63, 3.8) is 0 Å². The van der Waals surface area contributed by atoms with Crippen LogP contribution in [0.5, 0.6) is 0 Å². The van der Waals surface area contributed by atoms with E-state index in [1.165, 1.54) is 0 Å². The highest BCUT2D eigenvalue weighted by atomic mass is 35.5. The van der Waals surface area contributed by atoms with Gasteiger partial charge < -0.3 is 20.3 Å². The van der Waals surface area contributed by atoms with Gasteiger partial charge in [-0.15, -0.1) is 0 Å². The van der Waals surface area contributed by atoms with Gasteiger partial charge in [0, 0.05) is 22.9 Å². The van der Waals surface area contributed by atoms with Gasteiger partial charge in [-0.2, -0.15) is 0 Å². The summed E-state index contributed by atoms with van der Waals surface area (Å²) in [5.74, 6) is -0.325. The number of nitrogens with one attached hydrogen (secondary N) is 2. The molecule has 0 fully saturated rings. The van der Waals surface area contributed by atoms with Crippen molar-refractivity contribution >= 4 is 46.3 Å². The van der Waals surface area contributed by atoms with Crippen molar-refractivity contribution in [3.8, 4) is 0 Å². The highest BCUT2D eigenvalue weighted by Gasteiger charge is 2.09. The van der Waals surface area contributed by atoms with E-state index >= 15 is 0 Å². The summed E-state index contributed by atoms with van der Waals surface area (Å²) >= 11 is 11.4. The molecule has 2 rings (SSSR count). The van der Waals surface area contributed by atoms with Crippen molar-refractivity contribution in [1.29, 1.82) is 0 Å². The van der Waals surface area contributed by atoms with Crippen LogP contribution in [0, 0.1) is 6.92 Å². The second kappa shape index (κ2) is 11.0. The Labute approximate surface area is 177 Å². The number of carbonyl (C=O) groups excluding carboxylic acids is 1. The van der Waals surface area contributed by atoms with E-state index in [1.54, 1.807) is 24.3 Å².